The number of carbonyl (C=O) groups excluding carboxylic acids is 2. The number of benzene rings is 2. The van der Waals surface area contributed by atoms with Gasteiger partial charge in [-0.1, -0.05) is 0 Å². The largest absolute Gasteiger partial charge is 1.00 e. The van der Waals surface area contributed by atoms with Crippen LogP contribution >= 0.6 is 0 Å². The van der Waals surface area contributed by atoms with Crippen LogP contribution in [-0.4, -0.2) is 52.1 Å². The first-order valence-corrected chi connectivity index (χ1v) is 9.42. The van der Waals surface area contributed by atoms with Crippen molar-refractivity contribution in [2.24, 2.45) is 0 Å². The molecule has 14 heteroatoms. The summed E-state index contributed by atoms with van der Waals surface area (Å²) in [5, 5.41) is -0.607. The van der Waals surface area contributed by atoms with Crippen molar-refractivity contribution < 1.29 is 104 Å². The maximum atomic E-state index is 11.8. The summed E-state index contributed by atoms with van der Waals surface area (Å²) in [5.41, 5.74) is -1.11. The minimum absolute atomic E-state index is 0. The molecule has 0 bridgehead atoms. The number of hydrogen-bond acceptors (Lipinski definition) is 10. The van der Waals surface area contributed by atoms with Crippen LogP contribution in [0.3, 0.4) is 0 Å². The molecule has 0 radical (unpaired) electrons. The Hall–Kier alpha value is -0.540. The third-order valence-electron chi connectivity index (χ3n) is 3.38. The van der Waals surface area contributed by atoms with Crippen LogP contribution in [0.4, 0.5) is 0 Å². The topological polar surface area (TPSA) is 167 Å². The number of methoxy groups -OCH3 is 2. The molecule has 0 atom stereocenters. The SMILES string of the molecule is COC(=O)c1cc(S(=O)(=O)[O-])c2cc(C(=O)OC)c(S(=O)(=O)[O-])cc2c1.[Na+].[Na+]. The zero-order valence-electron chi connectivity index (χ0n) is 15.2. The van der Waals surface area contributed by atoms with Crippen LogP contribution in [0.25, 0.3) is 10.8 Å². The second kappa shape index (κ2) is 9.98. The molecule has 0 fully saturated rings. The molecule has 0 aliphatic heterocycles. The number of ether oxygens (including phenoxy) is 2. The van der Waals surface area contributed by atoms with Crippen molar-refractivity contribution in [1.29, 1.82) is 0 Å². The fourth-order valence-corrected chi connectivity index (χ4v) is 3.68. The molecule has 0 unspecified atom stereocenters. The number of carbonyl (C=O) groups is 2. The monoisotopic (exact) mass is 448 g/mol. The van der Waals surface area contributed by atoms with Crippen LogP contribution in [0, 0.1) is 0 Å². The molecular weight excluding hydrogens is 438 g/mol. The van der Waals surface area contributed by atoms with Gasteiger partial charge in [0.05, 0.1) is 35.1 Å². The van der Waals surface area contributed by atoms with Gasteiger partial charge in [-0.25, -0.2) is 26.4 Å². The van der Waals surface area contributed by atoms with Gasteiger partial charge in [0.15, 0.2) is 0 Å². The Bertz CT molecular complexity index is 1140. The standard InChI is InChI=1S/C14H12O10S2.2Na/c1-23-13(15)8-3-7-4-12(26(20,21)22)10(14(16)24-2)6-9(7)11(5-8)25(17,18)19;;/h3-6H,1-2H3,(H,17,18,19)(H,20,21,22);;/q;2*+1/p-2. The average Bonchev–Trinajstić information content (AvgIpc) is 2.56. The quantitative estimate of drug-likeness (QED) is 0.250. The summed E-state index contributed by atoms with van der Waals surface area (Å²) >= 11 is 0. The molecule has 0 saturated heterocycles. The number of hydrogen-bond donors (Lipinski definition) is 0. The van der Waals surface area contributed by atoms with E-state index in [0.717, 1.165) is 32.4 Å². The van der Waals surface area contributed by atoms with Crippen molar-refractivity contribution in [3.05, 3.63) is 35.4 Å². The zero-order valence-corrected chi connectivity index (χ0v) is 20.8. The maximum absolute atomic E-state index is 11.8. The van der Waals surface area contributed by atoms with Crippen LogP contribution < -0.4 is 59.1 Å². The first kappa shape index (κ1) is 27.5. The van der Waals surface area contributed by atoms with Gasteiger partial charge in [-0.2, -0.15) is 0 Å². The minimum Gasteiger partial charge on any atom is -0.744 e. The van der Waals surface area contributed by atoms with E-state index in [9.17, 15) is 35.5 Å². The van der Waals surface area contributed by atoms with Crippen molar-refractivity contribution in [3.8, 4) is 0 Å². The predicted octanol–water partition coefficient (Wildman–Crippen LogP) is -5.77. The van der Waals surface area contributed by atoms with Gasteiger partial charge in [0.2, 0.25) is 0 Å². The van der Waals surface area contributed by atoms with E-state index in [0.29, 0.717) is 6.07 Å². The van der Waals surface area contributed by atoms with Gasteiger partial charge in [0.1, 0.15) is 20.2 Å². The van der Waals surface area contributed by atoms with Gasteiger partial charge in [0, 0.05) is 5.39 Å². The Balaban J connectivity index is 0.00000364. The zero-order chi connectivity index (χ0) is 19.9. The molecule has 0 saturated carbocycles. The van der Waals surface area contributed by atoms with Crippen molar-refractivity contribution in [1.82, 2.24) is 0 Å². The molecule has 28 heavy (non-hydrogen) atoms. The van der Waals surface area contributed by atoms with Crippen LogP contribution in [0.15, 0.2) is 34.1 Å². The molecule has 0 heterocycles. The molecule has 2 aromatic rings. The molecule has 0 spiro atoms. The summed E-state index contributed by atoms with van der Waals surface area (Å²) in [6.07, 6.45) is 0. The number of rotatable bonds is 4. The molecular formula is C14H10Na2O10S2. The Kier molecular flexibility index (Phi) is 9.79. The van der Waals surface area contributed by atoms with E-state index in [1.54, 1.807) is 0 Å². The second-order valence-corrected chi connectivity index (χ2v) is 7.63. The van der Waals surface area contributed by atoms with Crippen molar-refractivity contribution in [2.75, 3.05) is 14.2 Å². The molecule has 140 valence electrons. The Morgan fingerprint density at radius 2 is 1.29 bits per heavy atom. The fourth-order valence-electron chi connectivity index (χ4n) is 2.28. The van der Waals surface area contributed by atoms with Gasteiger partial charge in [0.25, 0.3) is 0 Å². The molecule has 2 rings (SSSR count). The number of esters is 2. The second-order valence-electron chi connectivity index (χ2n) is 4.94. The van der Waals surface area contributed by atoms with Crippen molar-refractivity contribution in [2.45, 2.75) is 9.79 Å². The van der Waals surface area contributed by atoms with E-state index >= 15 is 0 Å². The van der Waals surface area contributed by atoms with Crippen LogP contribution in [-0.2, 0) is 29.7 Å². The normalized spacial score (nSPS) is 11.1. The molecule has 0 aliphatic rings. The minimum atomic E-state index is -5.16. The summed E-state index contributed by atoms with van der Waals surface area (Å²) in [6, 6.07) is 3.16. The summed E-state index contributed by atoms with van der Waals surface area (Å²) in [6.45, 7) is 0. The Morgan fingerprint density at radius 3 is 1.71 bits per heavy atom. The van der Waals surface area contributed by atoms with Crippen molar-refractivity contribution >= 4 is 42.9 Å². The first-order valence-electron chi connectivity index (χ1n) is 6.60. The smallest absolute Gasteiger partial charge is 0.744 e. The summed E-state index contributed by atoms with van der Waals surface area (Å²) < 4.78 is 77.8. The van der Waals surface area contributed by atoms with Gasteiger partial charge in [-0.15, -0.1) is 0 Å². The van der Waals surface area contributed by atoms with E-state index in [4.69, 9.17) is 0 Å². The first-order chi connectivity index (χ1) is 11.9. The van der Waals surface area contributed by atoms with E-state index in [2.05, 4.69) is 9.47 Å². The van der Waals surface area contributed by atoms with E-state index in [1.807, 2.05) is 0 Å². The average molecular weight is 448 g/mol. The maximum Gasteiger partial charge on any atom is 1.00 e. The van der Waals surface area contributed by atoms with Gasteiger partial charge >= 0.3 is 71.1 Å². The summed E-state index contributed by atoms with van der Waals surface area (Å²) in [7, 11) is -8.37. The molecule has 0 amide bonds. The summed E-state index contributed by atoms with van der Waals surface area (Å²) in [4.78, 5) is 21.6. The van der Waals surface area contributed by atoms with Gasteiger partial charge in [-0.3, -0.25) is 0 Å². The van der Waals surface area contributed by atoms with Crippen LogP contribution in [0.1, 0.15) is 20.7 Å². The fraction of sp³-hybridized carbons (Fsp3) is 0.143. The van der Waals surface area contributed by atoms with Gasteiger partial charge < -0.3 is 18.6 Å². The molecule has 0 aliphatic carbocycles. The van der Waals surface area contributed by atoms with Crippen LogP contribution in [0.2, 0.25) is 0 Å². The van der Waals surface area contributed by atoms with E-state index in [1.165, 1.54) is 0 Å². The predicted molar refractivity (Wildman–Crippen MR) is 82.6 cm³/mol. The van der Waals surface area contributed by atoms with E-state index in [-0.39, 0.29) is 75.5 Å². The Labute approximate surface area is 204 Å². The molecule has 2 aromatic carbocycles. The third-order valence-corrected chi connectivity index (χ3v) is 5.13. The molecule has 0 aromatic heterocycles. The third kappa shape index (κ3) is 5.75. The van der Waals surface area contributed by atoms with Crippen LogP contribution in [0.5, 0.6) is 0 Å². The van der Waals surface area contributed by atoms with Crippen molar-refractivity contribution in [3.63, 3.8) is 0 Å². The number of fused-ring (bicyclic) bond motifs is 1. The Morgan fingerprint density at radius 1 is 0.786 bits per heavy atom. The van der Waals surface area contributed by atoms with E-state index < -0.39 is 47.5 Å². The molecule has 0 N–H and O–H groups in total. The van der Waals surface area contributed by atoms with Gasteiger partial charge in [-0.05, 0) is 29.7 Å². The molecule has 10 nitrogen and oxygen atoms in total. The summed E-state index contributed by atoms with van der Waals surface area (Å²) in [5.74, 6) is -2.23.